The van der Waals surface area contributed by atoms with Gasteiger partial charge < -0.3 is 10.4 Å². The van der Waals surface area contributed by atoms with Gasteiger partial charge in [-0.2, -0.15) is 0 Å². The molecule has 3 rings (SSSR count). The fourth-order valence-corrected chi connectivity index (χ4v) is 5.10. The normalized spacial score (nSPS) is 17.4. The SMILES string of the molecule is CC[C@@H](CO)NC(=O)c1cccc(S(=O)(=O)N2c3ccccc3C[C@@H]2C)c1. The van der Waals surface area contributed by atoms with Crippen LogP contribution in [-0.2, 0) is 16.4 Å². The predicted molar refractivity (Wildman–Crippen MR) is 104 cm³/mol. The van der Waals surface area contributed by atoms with Crippen molar-refractivity contribution in [2.75, 3.05) is 10.9 Å². The molecule has 2 N–H and O–H groups in total. The molecular formula is C20H24N2O4S. The van der Waals surface area contributed by atoms with E-state index in [0.29, 0.717) is 18.5 Å². The van der Waals surface area contributed by atoms with Crippen LogP contribution in [0.2, 0.25) is 0 Å². The maximum atomic E-state index is 13.3. The lowest BCUT2D eigenvalue weighted by molar-refractivity contribution is 0.0914. The van der Waals surface area contributed by atoms with Crippen LogP contribution in [0.1, 0.15) is 36.2 Å². The smallest absolute Gasteiger partial charge is 0.264 e. The molecule has 0 unspecified atom stereocenters. The largest absolute Gasteiger partial charge is 0.394 e. The van der Waals surface area contributed by atoms with Crippen molar-refractivity contribution < 1.29 is 18.3 Å². The van der Waals surface area contributed by atoms with E-state index < -0.39 is 15.9 Å². The molecule has 0 aliphatic carbocycles. The van der Waals surface area contributed by atoms with Gasteiger partial charge in [0.2, 0.25) is 0 Å². The van der Waals surface area contributed by atoms with Crippen LogP contribution in [0.3, 0.4) is 0 Å². The number of benzene rings is 2. The van der Waals surface area contributed by atoms with Crippen LogP contribution in [0.15, 0.2) is 53.4 Å². The molecule has 2 atom stereocenters. The summed E-state index contributed by atoms with van der Waals surface area (Å²) in [5.74, 6) is -0.400. The molecule has 0 radical (unpaired) electrons. The lowest BCUT2D eigenvalue weighted by atomic mass is 10.1. The van der Waals surface area contributed by atoms with Gasteiger partial charge in [-0.05, 0) is 49.6 Å². The minimum atomic E-state index is -3.79. The van der Waals surface area contributed by atoms with Gasteiger partial charge in [-0.3, -0.25) is 9.10 Å². The third-order valence-electron chi connectivity index (χ3n) is 4.85. The Morgan fingerprint density at radius 3 is 2.70 bits per heavy atom. The van der Waals surface area contributed by atoms with E-state index in [4.69, 9.17) is 0 Å². The third kappa shape index (κ3) is 3.70. The number of amides is 1. The van der Waals surface area contributed by atoms with Gasteiger partial charge in [0, 0.05) is 11.6 Å². The highest BCUT2D eigenvalue weighted by molar-refractivity contribution is 7.92. The molecule has 144 valence electrons. The number of anilines is 1. The summed E-state index contributed by atoms with van der Waals surface area (Å²) >= 11 is 0. The molecular weight excluding hydrogens is 364 g/mol. The summed E-state index contributed by atoms with van der Waals surface area (Å²) < 4.78 is 28.0. The Balaban J connectivity index is 1.94. The predicted octanol–water partition coefficient (Wildman–Crippen LogP) is 2.33. The Hall–Kier alpha value is -2.38. The maximum absolute atomic E-state index is 13.3. The Bertz CT molecular complexity index is 939. The molecule has 2 aromatic carbocycles. The summed E-state index contributed by atoms with van der Waals surface area (Å²) in [6.07, 6.45) is 1.24. The zero-order valence-corrected chi connectivity index (χ0v) is 16.2. The highest BCUT2D eigenvalue weighted by atomic mass is 32.2. The number of carbonyl (C=O) groups excluding carboxylic acids is 1. The number of sulfonamides is 1. The first kappa shape index (κ1) is 19.4. The van der Waals surface area contributed by atoms with E-state index in [9.17, 15) is 18.3 Å². The van der Waals surface area contributed by atoms with Gasteiger partial charge in [0.1, 0.15) is 0 Å². The lowest BCUT2D eigenvalue weighted by Crippen LogP contribution is -2.37. The van der Waals surface area contributed by atoms with E-state index in [-0.39, 0.29) is 29.1 Å². The summed E-state index contributed by atoms with van der Waals surface area (Å²) in [4.78, 5) is 12.5. The monoisotopic (exact) mass is 388 g/mol. The number of carbonyl (C=O) groups is 1. The summed E-state index contributed by atoms with van der Waals surface area (Å²) in [5, 5.41) is 12.0. The van der Waals surface area contributed by atoms with Gasteiger partial charge in [-0.15, -0.1) is 0 Å². The number of fused-ring (bicyclic) bond motifs is 1. The average molecular weight is 388 g/mol. The molecule has 0 saturated carbocycles. The van der Waals surface area contributed by atoms with Crippen molar-refractivity contribution >= 4 is 21.6 Å². The number of hydrogen-bond donors (Lipinski definition) is 2. The fraction of sp³-hybridized carbons (Fsp3) is 0.350. The van der Waals surface area contributed by atoms with Crippen molar-refractivity contribution in [1.29, 1.82) is 0 Å². The summed E-state index contributed by atoms with van der Waals surface area (Å²) in [5.41, 5.74) is 1.94. The van der Waals surface area contributed by atoms with Crippen molar-refractivity contribution in [2.45, 2.75) is 43.7 Å². The molecule has 6 nitrogen and oxygen atoms in total. The number of nitrogens with one attached hydrogen (secondary N) is 1. The Kier molecular flexibility index (Phi) is 5.53. The van der Waals surface area contributed by atoms with Gasteiger partial charge in [-0.25, -0.2) is 8.42 Å². The number of rotatable bonds is 6. The van der Waals surface area contributed by atoms with Crippen LogP contribution >= 0.6 is 0 Å². The van der Waals surface area contributed by atoms with E-state index in [1.807, 2.05) is 32.0 Å². The minimum Gasteiger partial charge on any atom is -0.394 e. The Labute approximate surface area is 159 Å². The molecule has 27 heavy (non-hydrogen) atoms. The minimum absolute atomic E-state index is 0.0794. The van der Waals surface area contributed by atoms with E-state index in [2.05, 4.69) is 5.32 Å². The number of hydrogen-bond acceptors (Lipinski definition) is 4. The van der Waals surface area contributed by atoms with Gasteiger partial charge >= 0.3 is 0 Å². The van der Waals surface area contributed by atoms with E-state index in [0.717, 1.165) is 5.56 Å². The summed E-state index contributed by atoms with van der Waals surface area (Å²) in [6, 6.07) is 12.9. The van der Waals surface area contributed by atoms with Gasteiger partial charge in [0.15, 0.2) is 0 Å². The summed E-state index contributed by atoms with van der Waals surface area (Å²) in [6.45, 7) is 3.57. The molecule has 0 spiro atoms. The van der Waals surface area contributed by atoms with Crippen LogP contribution in [0.25, 0.3) is 0 Å². The van der Waals surface area contributed by atoms with E-state index >= 15 is 0 Å². The average Bonchev–Trinajstić information content (AvgIpc) is 3.02. The topological polar surface area (TPSA) is 86.7 Å². The molecule has 1 amide bonds. The fourth-order valence-electron chi connectivity index (χ4n) is 3.36. The Morgan fingerprint density at radius 2 is 2.00 bits per heavy atom. The van der Waals surface area contributed by atoms with E-state index in [1.165, 1.54) is 16.4 Å². The molecule has 0 fully saturated rings. The molecule has 1 heterocycles. The van der Waals surface area contributed by atoms with Crippen molar-refractivity contribution in [3.8, 4) is 0 Å². The molecule has 1 aliphatic heterocycles. The second kappa shape index (κ2) is 7.70. The molecule has 1 aliphatic rings. The van der Waals surface area contributed by atoms with Crippen molar-refractivity contribution in [2.24, 2.45) is 0 Å². The summed E-state index contributed by atoms with van der Waals surface area (Å²) in [7, 11) is -3.79. The van der Waals surface area contributed by atoms with Crippen LogP contribution < -0.4 is 9.62 Å². The first-order chi connectivity index (χ1) is 12.9. The first-order valence-electron chi connectivity index (χ1n) is 9.02. The van der Waals surface area contributed by atoms with Crippen LogP contribution in [0.4, 0.5) is 5.69 Å². The maximum Gasteiger partial charge on any atom is 0.264 e. The van der Waals surface area contributed by atoms with Crippen LogP contribution in [0, 0.1) is 0 Å². The molecule has 2 aromatic rings. The second-order valence-corrected chi connectivity index (χ2v) is 8.59. The number of nitrogens with zero attached hydrogens (tertiary/aromatic N) is 1. The lowest BCUT2D eigenvalue weighted by Gasteiger charge is -2.24. The second-order valence-electron chi connectivity index (χ2n) is 6.77. The molecule has 0 saturated heterocycles. The third-order valence-corrected chi connectivity index (χ3v) is 6.77. The standard InChI is InChI=1S/C20H24N2O4S/c1-3-17(13-23)21-20(24)16-8-6-9-18(12-16)27(25,26)22-14(2)11-15-7-4-5-10-19(15)22/h4-10,12,14,17,23H,3,11,13H2,1-2H3,(H,21,24)/t14-,17-/m0/s1. The zero-order chi connectivity index (χ0) is 19.6. The number of aliphatic hydroxyl groups is 1. The molecule has 0 aromatic heterocycles. The van der Waals surface area contributed by atoms with Gasteiger partial charge in [0.25, 0.3) is 15.9 Å². The van der Waals surface area contributed by atoms with Crippen molar-refractivity contribution in [1.82, 2.24) is 5.32 Å². The highest BCUT2D eigenvalue weighted by Crippen LogP contribution is 2.36. The van der Waals surface area contributed by atoms with Crippen LogP contribution in [-0.4, -0.2) is 38.1 Å². The van der Waals surface area contributed by atoms with Crippen LogP contribution in [0.5, 0.6) is 0 Å². The van der Waals surface area contributed by atoms with E-state index in [1.54, 1.807) is 18.2 Å². The quantitative estimate of drug-likeness (QED) is 0.795. The van der Waals surface area contributed by atoms with Gasteiger partial charge in [0.05, 0.1) is 23.2 Å². The number of aliphatic hydroxyl groups excluding tert-OH is 1. The Morgan fingerprint density at radius 1 is 1.26 bits per heavy atom. The van der Waals surface area contributed by atoms with Crippen molar-refractivity contribution in [3.05, 3.63) is 59.7 Å². The first-order valence-corrected chi connectivity index (χ1v) is 10.5. The van der Waals surface area contributed by atoms with Gasteiger partial charge in [-0.1, -0.05) is 31.2 Å². The zero-order valence-electron chi connectivity index (χ0n) is 15.4. The van der Waals surface area contributed by atoms with Crippen molar-refractivity contribution in [3.63, 3.8) is 0 Å². The highest BCUT2D eigenvalue weighted by Gasteiger charge is 2.36. The molecule has 0 bridgehead atoms. The molecule has 7 heteroatoms. The number of para-hydroxylation sites is 1.